The molecular formula is C66H78Cl3N15O6. The van der Waals surface area contributed by atoms with Crippen molar-refractivity contribution in [1.29, 1.82) is 0 Å². The Hall–Kier alpha value is -7.92. The number of Topliss-reactive ketones (excluding diaryl/α,β-unsaturated/α-hetero) is 3. The van der Waals surface area contributed by atoms with Crippen molar-refractivity contribution >= 4 is 86.2 Å². The zero-order valence-electron chi connectivity index (χ0n) is 51.2. The van der Waals surface area contributed by atoms with Crippen molar-refractivity contribution in [3.63, 3.8) is 0 Å². The number of halogens is 3. The Bertz CT molecular complexity index is 4090. The van der Waals surface area contributed by atoms with E-state index in [4.69, 9.17) is 34.8 Å². The first-order valence-electron chi connectivity index (χ1n) is 30.9. The summed E-state index contributed by atoms with van der Waals surface area (Å²) in [6.07, 6.45) is 9.05. The highest BCUT2D eigenvalue weighted by Gasteiger charge is 2.31. The number of piperazine rings is 3. The van der Waals surface area contributed by atoms with E-state index >= 15 is 0 Å². The number of fused-ring (bicyclic) bond motifs is 3. The summed E-state index contributed by atoms with van der Waals surface area (Å²) >= 11 is 18.5. The van der Waals surface area contributed by atoms with E-state index in [9.17, 15) is 28.8 Å². The Kier molecular flexibility index (Phi) is 22.2. The van der Waals surface area contributed by atoms with Gasteiger partial charge in [-0.3, -0.25) is 42.3 Å². The maximum atomic E-state index is 12.5. The molecule has 0 bridgehead atoms. The van der Waals surface area contributed by atoms with Gasteiger partial charge in [0.1, 0.15) is 17.3 Å². The Morgan fingerprint density at radius 1 is 0.467 bits per heavy atom. The maximum Gasteiger partial charge on any atom is 0.350 e. The molecule has 3 saturated heterocycles. The van der Waals surface area contributed by atoms with Crippen LogP contribution in [0.25, 0.3) is 16.9 Å². The van der Waals surface area contributed by atoms with Crippen LogP contribution < -0.4 is 31.8 Å². The zero-order chi connectivity index (χ0) is 63.3. The van der Waals surface area contributed by atoms with Gasteiger partial charge in [0, 0.05) is 186 Å². The number of anilines is 3. The van der Waals surface area contributed by atoms with Crippen molar-refractivity contribution in [3.8, 4) is 0 Å². The predicted molar refractivity (Wildman–Crippen MR) is 355 cm³/mol. The Morgan fingerprint density at radius 3 is 1.43 bits per heavy atom. The minimum atomic E-state index is -0.141. The molecule has 0 spiro atoms. The van der Waals surface area contributed by atoms with Crippen LogP contribution in [-0.2, 0) is 34.0 Å². The van der Waals surface area contributed by atoms with Crippen molar-refractivity contribution in [1.82, 2.24) is 57.2 Å². The number of carbonyl (C=O) groups is 3. The third-order valence-electron chi connectivity index (χ3n) is 16.9. The highest BCUT2D eigenvalue weighted by Crippen LogP contribution is 2.28. The van der Waals surface area contributed by atoms with Gasteiger partial charge in [-0.1, -0.05) is 71.2 Å². The largest absolute Gasteiger partial charge is 0.369 e. The third-order valence-corrected chi connectivity index (χ3v) is 17.6. The first-order valence-corrected chi connectivity index (χ1v) is 32.0. The number of aromatic nitrogens is 9. The van der Waals surface area contributed by atoms with Crippen LogP contribution in [0.2, 0.25) is 15.1 Å². The lowest BCUT2D eigenvalue weighted by Crippen LogP contribution is -2.54. The molecule has 3 unspecified atom stereocenters. The summed E-state index contributed by atoms with van der Waals surface area (Å²) in [6.45, 7) is 16.8. The lowest BCUT2D eigenvalue weighted by atomic mass is 10.0. The van der Waals surface area contributed by atoms with Crippen LogP contribution in [0.3, 0.4) is 0 Å². The Morgan fingerprint density at radius 2 is 0.933 bits per heavy atom. The number of ketones is 3. The van der Waals surface area contributed by atoms with Crippen LogP contribution in [0, 0.1) is 0 Å². The van der Waals surface area contributed by atoms with E-state index < -0.39 is 0 Å². The molecule has 0 saturated carbocycles. The highest BCUT2D eigenvalue weighted by atomic mass is 35.5. The van der Waals surface area contributed by atoms with Crippen molar-refractivity contribution in [2.45, 2.75) is 97.1 Å². The molecule has 21 nitrogen and oxygen atoms in total. The van der Waals surface area contributed by atoms with Gasteiger partial charge in [-0.25, -0.2) is 28.4 Å². The second-order valence-electron chi connectivity index (χ2n) is 23.4. The van der Waals surface area contributed by atoms with Gasteiger partial charge in [0.25, 0.3) is 0 Å². The van der Waals surface area contributed by atoms with E-state index in [0.29, 0.717) is 67.3 Å². The standard InChI is InChI=1S/3C22H26ClN5O2/c1-17(29)14-20-16-26(19-7-4-6-18(23)15-19)13-12-25(20)9-5-11-28-22(30)27-10-3-2-8-21(27)24-28;1-17(29)14-20-16-25(12-13-26(20)19-7-4-6-18(23)15-19)9-5-11-28-22(30)27-10-3-2-8-21(27)24-28;1-17(29)15-20(8-10-28-22(30)27-9-3-2-7-21(27)24-28)26-13-11-25(12-14-26)19-6-4-5-18(23)16-19/h2*2-4,6-8,10,15,20H,5,9,11-14,16H2,1H3;2-7,9,16,20H,8,10-15H2,1H3. The summed E-state index contributed by atoms with van der Waals surface area (Å²) < 4.78 is 9.23. The van der Waals surface area contributed by atoms with E-state index in [0.717, 1.165) is 118 Å². The van der Waals surface area contributed by atoms with Gasteiger partial charge < -0.3 is 14.7 Å². The number of aryl methyl sites for hydroxylation is 3. The third kappa shape index (κ3) is 16.9. The van der Waals surface area contributed by atoms with Gasteiger partial charge in [0.15, 0.2) is 16.9 Å². The monoisotopic (exact) mass is 1280 g/mol. The molecule has 3 aromatic carbocycles. The SMILES string of the molecule is CC(=O)CC(CCn1nc2ccccn2c1=O)N1CCN(c2cccc(Cl)c2)CC1.CC(=O)CC1CN(CCCn2nc3ccccn3c2=O)CCN1c1cccc(Cl)c1.CC(=O)CC1CN(c2cccc(Cl)c2)CCN1CCCn1nc2ccccn2c1=O. The van der Waals surface area contributed by atoms with Gasteiger partial charge in [0.2, 0.25) is 0 Å². The first kappa shape index (κ1) is 65.0. The number of rotatable bonds is 21. The molecule has 9 aromatic rings. The van der Waals surface area contributed by atoms with Crippen LogP contribution in [0.1, 0.15) is 59.3 Å². The quantitative estimate of drug-likeness (QED) is 0.0670. The molecule has 24 heteroatoms. The number of hydrogen-bond acceptors (Lipinski definition) is 15. The average Bonchev–Trinajstić information content (AvgIpc) is 2.70. The second-order valence-corrected chi connectivity index (χ2v) is 24.7. The fourth-order valence-corrected chi connectivity index (χ4v) is 13.0. The summed E-state index contributed by atoms with van der Waals surface area (Å²) in [5, 5.41) is 15.4. The summed E-state index contributed by atoms with van der Waals surface area (Å²) in [6, 6.07) is 40.5. The first-order chi connectivity index (χ1) is 43.5. The Balaban J connectivity index is 0.000000148. The minimum absolute atomic E-state index is 0.0979. The smallest absolute Gasteiger partial charge is 0.350 e. The fourth-order valence-electron chi connectivity index (χ4n) is 12.5. The van der Waals surface area contributed by atoms with Crippen molar-refractivity contribution < 1.29 is 14.4 Å². The fraction of sp³-hybridized carbons (Fsp3) is 0.409. The van der Waals surface area contributed by atoms with Crippen LogP contribution >= 0.6 is 34.8 Å². The van der Waals surface area contributed by atoms with Crippen molar-refractivity contribution in [3.05, 3.63) is 193 Å². The number of benzene rings is 3. The lowest BCUT2D eigenvalue weighted by Gasteiger charge is -2.42. The average molecular weight is 1280 g/mol. The molecular weight excluding hydrogens is 1210 g/mol. The highest BCUT2D eigenvalue weighted by molar-refractivity contribution is 6.31. The molecule has 3 aliphatic rings. The minimum Gasteiger partial charge on any atom is -0.369 e. The predicted octanol–water partition coefficient (Wildman–Crippen LogP) is 8.13. The molecule has 3 fully saturated rings. The maximum absolute atomic E-state index is 12.5. The molecule has 0 N–H and O–H groups in total. The molecule has 9 heterocycles. The second kappa shape index (κ2) is 30.7. The number of nitrogens with zero attached hydrogens (tertiary/aromatic N) is 15. The summed E-state index contributed by atoms with van der Waals surface area (Å²) in [7, 11) is 0. The Labute approximate surface area is 537 Å². The van der Waals surface area contributed by atoms with Crippen molar-refractivity contribution in [2.24, 2.45) is 0 Å². The molecule has 474 valence electrons. The van der Waals surface area contributed by atoms with E-state index in [2.05, 4.69) is 56.8 Å². The van der Waals surface area contributed by atoms with E-state index in [1.807, 2.05) is 115 Å². The molecule has 6 aromatic heterocycles. The van der Waals surface area contributed by atoms with E-state index in [1.54, 1.807) is 52.6 Å². The van der Waals surface area contributed by atoms with E-state index in [-0.39, 0.29) is 52.5 Å². The molecule has 0 radical (unpaired) electrons. The lowest BCUT2D eigenvalue weighted by molar-refractivity contribution is -0.119. The van der Waals surface area contributed by atoms with Gasteiger partial charge in [-0.2, -0.15) is 0 Å². The summed E-state index contributed by atoms with van der Waals surface area (Å²) in [5.41, 5.74) is 4.88. The van der Waals surface area contributed by atoms with Gasteiger partial charge in [-0.05, 0) is 131 Å². The van der Waals surface area contributed by atoms with Crippen LogP contribution in [0.5, 0.6) is 0 Å². The number of pyridine rings is 3. The number of carbonyl (C=O) groups excluding carboxylic acids is 3. The van der Waals surface area contributed by atoms with Crippen LogP contribution in [-0.4, -0.2) is 171 Å². The molecule has 0 aliphatic carbocycles. The molecule has 90 heavy (non-hydrogen) atoms. The summed E-state index contributed by atoms with van der Waals surface area (Å²) in [5.74, 6) is 0.541. The normalized spacial score (nSPS) is 17.1. The van der Waals surface area contributed by atoms with Gasteiger partial charge in [0.05, 0.1) is 0 Å². The van der Waals surface area contributed by atoms with Crippen LogP contribution in [0.15, 0.2) is 160 Å². The van der Waals surface area contributed by atoms with E-state index in [1.165, 1.54) is 14.0 Å². The summed E-state index contributed by atoms with van der Waals surface area (Å²) in [4.78, 5) is 87.0. The molecule has 12 rings (SSSR count). The molecule has 0 amide bonds. The van der Waals surface area contributed by atoms with Crippen LogP contribution in [0.4, 0.5) is 17.1 Å². The number of hydrogen-bond donors (Lipinski definition) is 0. The molecule has 3 aliphatic heterocycles. The topological polar surface area (TPSA) is 189 Å². The zero-order valence-corrected chi connectivity index (χ0v) is 53.5. The van der Waals surface area contributed by atoms with Crippen molar-refractivity contribution in [2.75, 3.05) is 93.2 Å². The van der Waals surface area contributed by atoms with Gasteiger partial charge in [-0.15, -0.1) is 15.3 Å². The van der Waals surface area contributed by atoms with Gasteiger partial charge >= 0.3 is 17.1 Å². The molecule has 3 atom stereocenters.